The Morgan fingerprint density at radius 1 is 1.42 bits per heavy atom. The predicted molar refractivity (Wildman–Crippen MR) is 78.4 cm³/mol. The van der Waals surface area contributed by atoms with Gasteiger partial charge in [0.05, 0.1) is 6.54 Å². The lowest BCUT2D eigenvalue weighted by molar-refractivity contribution is -0.121. The molecule has 1 atom stereocenters. The molecule has 0 saturated carbocycles. The van der Waals surface area contributed by atoms with Crippen LogP contribution in [0.25, 0.3) is 0 Å². The Kier molecular flexibility index (Phi) is 4.93. The highest BCUT2D eigenvalue weighted by Gasteiger charge is 2.17. The van der Waals surface area contributed by atoms with E-state index in [0.717, 1.165) is 17.0 Å². The molecular weight excluding hydrogens is 280 g/mol. The molecule has 3 nitrogen and oxygen atoms in total. The summed E-state index contributed by atoms with van der Waals surface area (Å²) in [6.45, 7) is 2.51. The quantitative estimate of drug-likeness (QED) is 0.860. The van der Waals surface area contributed by atoms with Crippen LogP contribution in [-0.4, -0.2) is 10.9 Å². The third-order valence-corrected chi connectivity index (χ3v) is 4.28. The van der Waals surface area contributed by atoms with Crippen molar-refractivity contribution in [3.63, 3.8) is 0 Å². The maximum atomic E-state index is 11.9. The third kappa shape index (κ3) is 3.78. The first-order chi connectivity index (χ1) is 9.20. The van der Waals surface area contributed by atoms with Crippen molar-refractivity contribution in [3.05, 3.63) is 52.0 Å². The molecule has 19 heavy (non-hydrogen) atoms. The van der Waals surface area contributed by atoms with Gasteiger partial charge in [0.25, 0.3) is 0 Å². The van der Waals surface area contributed by atoms with Gasteiger partial charge in [-0.25, -0.2) is 4.98 Å². The van der Waals surface area contributed by atoms with E-state index in [1.165, 1.54) is 4.88 Å². The minimum Gasteiger partial charge on any atom is -0.348 e. The molecule has 1 unspecified atom stereocenters. The summed E-state index contributed by atoms with van der Waals surface area (Å²) in [4.78, 5) is 17.4. The Labute approximate surface area is 121 Å². The molecule has 0 aliphatic heterocycles. The average molecular weight is 295 g/mol. The van der Waals surface area contributed by atoms with Crippen LogP contribution < -0.4 is 5.32 Å². The molecule has 100 valence electrons. The van der Waals surface area contributed by atoms with Crippen LogP contribution in [0, 0.1) is 0 Å². The van der Waals surface area contributed by atoms with Crippen molar-refractivity contribution in [2.24, 2.45) is 0 Å². The average Bonchev–Trinajstić information content (AvgIpc) is 2.93. The van der Waals surface area contributed by atoms with Crippen LogP contribution in [0.5, 0.6) is 0 Å². The summed E-state index contributed by atoms with van der Waals surface area (Å²) in [5.74, 6) is -0.193. The first-order valence-corrected chi connectivity index (χ1v) is 7.36. The molecule has 1 amide bonds. The predicted octanol–water partition coefficient (Wildman–Crippen LogP) is 3.30. The highest BCUT2D eigenvalue weighted by molar-refractivity contribution is 7.11. The molecule has 0 radical (unpaired) electrons. The van der Waals surface area contributed by atoms with Gasteiger partial charge in [-0.05, 0) is 12.0 Å². The minimum absolute atomic E-state index is 0.193. The van der Waals surface area contributed by atoms with Crippen molar-refractivity contribution in [2.45, 2.75) is 25.3 Å². The highest BCUT2D eigenvalue weighted by Crippen LogP contribution is 2.20. The molecule has 0 spiro atoms. The van der Waals surface area contributed by atoms with Gasteiger partial charge < -0.3 is 5.32 Å². The van der Waals surface area contributed by atoms with Gasteiger partial charge in [-0.1, -0.05) is 37.3 Å². The summed E-state index contributed by atoms with van der Waals surface area (Å²) in [6.07, 6.45) is 2.81. The first kappa shape index (κ1) is 14.0. The van der Waals surface area contributed by atoms with Crippen molar-refractivity contribution in [1.29, 1.82) is 0 Å². The van der Waals surface area contributed by atoms with E-state index in [0.29, 0.717) is 6.54 Å². The van der Waals surface area contributed by atoms with E-state index in [-0.39, 0.29) is 5.91 Å². The highest BCUT2D eigenvalue weighted by atomic mass is 35.5. The number of carbonyl (C=O) groups excluding carboxylic acids is 1. The zero-order chi connectivity index (χ0) is 13.7. The van der Waals surface area contributed by atoms with Crippen molar-refractivity contribution in [1.82, 2.24) is 10.3 Å². The molecule has 0 bridgehead atoms. The number of benzene rings is 1. The van der Waals surface area contributed by atoms with Crippen molar-refractivity contribution >= 4 is 28.8 Å². The number of rotatable bonds is 5. The van der Waals surface area contributed by atoms with Crippen LogP contribution in [0.2, 0.25) is 0 Å². The molecule has 0 fully saturated rings. The van der Waals surface area contributed by atoms with Gasteiger partial charge in [0.15, 0.2) is 0 Å². The largest absolute Gasteiger partial charge is 0.348 e. The molecule has 2 rings (SSSR count). The lowest BCUT2D eigenvalue weighted by atomic mass is 10.1. The van der Waals surface area contributed by atoms with E-state index in [2.05, 4.69) is 17.2 Å². The fourth-order valence-corrected chi connectivity index (χ4v) is 2.64. The van der Waals surface area contributed by atoms with Gasteiger partial charge >= 0.3 is 0 Å². The maximum Gasteiger partial charge on any atom is 0.242 e. The number of halogens is 1. The van der Waals surface area contributed by atoms with Gasteiger partial charge in [-0.3, -0.25) is 4.79 Å². The molecule has 1 heterocycles. The Hall–Kier alpha value is -1.39. The number of carbonyl (C=O) groups is 1. The standard InChI is InChI=1S/C14H15ClN2OS/c1-2-11-8-16-12(19-11)9-17-14(18)13(15)10-6-4-3-5-7-10/h3-8,13H,2,9H2,1H3,(H,17,18). The minimum atomic E-state index is -0.660. The van der Waals surface area contributed by atoms with Gasteiger partial charge in [0.1, 0.15) is 10.4 Å². The second-order valence-corrected chi connectivity index (χ2v) is 5.70. The van der Waals surface area contributed by atoms with Crippen LogP contribution in [0.1, 0.15) is 27.7 Å². The van der Waals surface area contributed by atoms with Crippen LogP contribution in [0.4, 0.5) is 0 Å². The van der Waals surface area contributed by atoms with E-state index < -0.39 is 5.38 Å². The molecule has 0 aliphatic carbocycles. The number of aromatic nitrogens is 1. The molecular formula is C14H15ClN2OS. The monoisotopic (exact) mass is 294 g/mol. The van der Waals surface area contributed by atoms with E-state index >= 15 is 0 Å². The van der Waals surface area contributed by atoms with Gasteiger partial charge in [-0.2, -0.15) is 0 Å². The SMILES string of the molecule is CCc1cnc(CNC(=O)C(Cl)c2ccccc2)s1. The van der Waals surface area contributed by atoms with Gasteiger partial charge in [0, 0.05) is 11.1 Å². The molecule has 5 heteroatoms. The summed E-state index contributed by atoms with van der Waals surface area (Å²) < 4.78 is 0. The normalized spacial score (nSPS) is 12.1. The van der Waals surface area contributed by atoms with Crippen LogP contribution in [-0.2, 0) is 17.8 Å². The van der Waals surface area contributed by atoms with Crippen LogP contribution in [0.3, 0.4) is 0 Å². The number of aryl methyl sites for hydroxylation is 1. The van der Waals surface area contributed by atoms with E-state index in [1.807, 2.05) is 36.5 Å². The number of nitrogens with one attached hydrogen (secondary N) is 1. The second kappa shape index (κ2) is 6.68. The van der Waals surface area contributed by atoms with E-state index in [9.17, 15) is 4.79 Å². The number of nitrogens with zero attached hydrogens (tertiary/aromatic N) is 1. The summed E-state index contributed by atoms with van der Waals surface area (Å²) in [5.41, 5.74) is 0.801. The topological polar surface area (TPSA) is 42.0 Å². The Bertz CT molecular complexity index is 541. The fourth-order valence-electron chi connectivity index (χ4n) is 1.62. The third-order valence-electron chi connectivity index (χ3n) is 2.69. The molecule has 2 aromatic rings. The Morgan fingerprint density at radius 3 is 2.79 bits per heavy atom. The first-order valence-electron chi connectivity index (χ1n) is 6.11. The van der Waals surface area contributed by atoms with Crippen molar-refractivity contribution in [3.8, 4) is 0 Å². The summed E-state index contributed by atoms with van der Waals surface area (Å²) in [5, 5.41) is 3.06. The van der Waals surface area contributed by atoms with Crippen LogP contribution >= 0.6 is 22.9 Å². The van der Waals surface area contributed by atoms with Gasteiger partial charge in [-0.15, -0.1) is 22.9 Å². The summed E-state index contributed by atoms with van der Waals surface area (Å²) >= 11 is 7.74. The summed E-state index contributed by atoms with van der Waals surface area (Å²) in [6, 6.07) is 9.32. The smallest absolute Gasteiger partial charge is 0.242 e. The molecule has 1 N–H and O–H groups in total. The second-order valence-electron chi connectivity index (χ2n) is 4.06. The zero-order valence-corrected chi connectivity index (χ0v) is 12.2. The van der Waals surface area contributed by atoms with Crippen LogP contribution in [0.15, 0.2) is 36.5 Å². The number of alkyl halides is 1. The Morgan fingerprint density at radius 2 is 2.16 bits per heavy atom. The maximum absolute atomic E-state index is 11.9. The molecule has 0 aliphatic rings. The van der Waals surface area contributed by atoms with Crippen molar-refractivity contribution in [2.75, 3.05) is 0 Å². The number of hydrogen-bond acceptors (Lipinski definition) is 3. The van der Waals surface area contributed by atoms with Gasteiger partial charge in [0.2, 0.25) is 5.91 Å². The number of amides is 1. The van der Waals surface area contributed by atoms with E-state index in [4.69, 9.17) is 11.6 Å². The van der Waals surface area contributed by atoms with E-state index in [1.54, 1.807) is 11.3 Å². The zero-order valence-electron chi connectivity index (χ0n) is 10.6. The summed E-state index contributed by atoms with van der Waals surface area (Å²) in [7, 11) is 0. The number of thiazole rings is 1. The lowest BCUT2D eigenvalue weighted by Crippen LogP contribution is -2.26. The lowest BCUT2D eigenvalue weighted by Gasteiger charge is -2.09. The Balaban J connectivity index is 1.91. The molecule has 0 saturated heterocycles. The molecule has 1 aromatic carbocycles. The number of hydrogen-bond donors (Lipinski definition) is 1. The molecule has 1 aromatic heterocycles. The fraction of sp³-hybridized carbons (Fsp3) is 0.286. The van der Waals surface area contributed by atoms with Crippen molar-refractivity contribution < 1.29 is 4.79 Å².